The molecule has 5 aromatic rings. The van der Waals surface area contributed by atoms with Crippen molar-refractivity contribution in [3.63, 3.8) is 0 Å². The zero-order valence-corrected chi connectivity index (χ0v) is 50.1. The summed E-state index contributed by atoms with van der Waals surface area (Å²) in [4.78, 5) is 26.5. The number of imide groups is 1. The van der Waals surface area contributed by atoms with Gasteiger partial charge in [-0.15, -0.1) is 0 Å². The van der Waals surface area contributed by atoms with Crippen molar-refractivity contribution in [2.75, 3.05) is 26.3 Å². The average Bonchev–Trinajstić information content (AvgIpc) is 3.75. The molecule has 2 amide bonds. The van der Waals surface area contributed by atoms with Crippen LogP contribution >= 0.6 is 0 Å². The van der Waals surface area contributed by atoms with E-state index in [2.05, 4.69) is 140 Å². The molecule has 0 aromatic heterocycles. The molecule has 430 valence electrons. The number of hydrogen-bond donors (Lipinski definition) is 3. The van der Waals surface area contributed by atoms with E-state index in [4.69, 9.17) is 15.2 Å². The number of nitrogens with two attached hydrogens (primary N) is 1. The van der Waals surface area contributed by atoms with Gasteiger partial charge in [-0.25, -0.2) is 0 Å². The second kappa shape index (κ2) is 28.8. The summed E-state index contributed by atoms with van der Waals surface area (Å²) in [6, 6.07) is 34.1. The zero-order chi connectivity index (χ0) is 57.3. The lowest BCUT2D eigenvalue weighted by atomic mass is 9.70. The minimum absolute atomic E-state index is 0.0288. The van der Waals surface area contributed by atoms with Gasteiger partial charge in [0.2, 0.25) is 0 Å². The topological polar surface area (TPSA) is 122 Å². The smallest absolute Gasteiger partial charge is 0.261 e. The molecule has 1 aliphatic heterocycles. The summed E-state index contributed by atoms with van der Waals surface area (Å²) >= 11 is 0. The van der Waals surface area contributed by atoms with E-state index in [1.165, 1.54) is 67.8 Å². The minimum atomic E-state index is -0.664. The van der Waals surface area contributed by atoms with Gasteiger partial charge in [0.05, 0.1) is 35.5 Å². The SMILES string of the molecule is CCC(CC)(c1ccc(/C=C/C2(O)CCCCC2)c(C)c1)c1ccc(OCCCCCN)c(C)c1.CCC(CC)(c1ccc(/C=C/C2(O)CCCCC2)c(C)c1)c1ccc(OCCCCCN2C(=O)c3ccccc3C2=O)c(C)c1. The number of unbranched alkanes of at least 4 members (excludes halogenated alkanes) is 4. The molecule has 0 saturated heterocycles. The molecule has 0 spiro atoms. The lowest BCUT2D eigenvalue weighted by Gasteiger charge is -2.34. The van der Waals surface area contributed by atoms with Crippen molar-refractivity contribution in [3.05, 3.63) is 176 Å². The number of carbonyl (C=O) groups is 2. The van der Waals surface area contributed by atoms with Gasteiger partial charge in [-0.2, -0.15) is 0 Å². The van der Waals surface area contributed by atoms with Gasteiger partial charge in [0.15, 0.2) is 0 Å². The maximum atomic E-state index is 12.6. The molecule has 5 aromatic carbocycles. The van der Waals surface area contributed by atoms with Crippen LogP contribution in [-0.4, -0.2) is 64.4 Å². The number of ether oxygens (including phenoxy) is 2. The molecule has 3 aliphatic rings. The summed E-state index contributed by atoms with van der Waals surface area (Å²) in [6.07, 6.45) is 28.4. The van der Waals surface area contributed by atoms with E-state index in [1.54, 1.807) is 24.3 Å². The van der Waals surface area contributed by atoms with Crippen LogP contribution < -0.4 is 15.2 Å². The third-order valence-electron chi connectivity index (χ3n) is 18.4. The molecule has 8 heteroatoms. The Hall–Kier alpha value is -5.80. The van der Waals surface area contributed by atoms with E-state index in [0.29, 0.717) is 24.3 Å². The van der Waals surface area contributed by atoms with Gasteiger partial charge >= 0.3 is 0 Å². The van der Waals surface area contributed by atoms with Gasteiger partial charge in [0.1, 0.15) is 11.5 Å². The van der Waals surface area contributed by atoms with Crippen LogP contribution in [0.25, 0.3) is 12.2 Å². The van der Waals surface area contributed by atoms with Crippen molar-refractivity contribution >= 4 is 24.0 Å². The van der Waals surface area contributed by atoms with E-state index in [1.807, 2.05) is 12.2 Å². The molecule has 0 atom stereocenters. The van der Waals surface area contributed by atoms with Crippen LogP contribution in [0.2, 0.25) is 0 Å². The summed E-state index contributed by atoms with van der Waals surface area (Å²) in [5.41, 5.74) is 17.7. The fraction of sp³-hybridized carbons (Fsp3) is 0.500. The normalized spacial score (nSPS) is 16.3. The Labute approximate surface area is 481 Å². The van der Waals surface area contributed by atoms with Crippen LogP contribution in [0.4, 0.5) is 0 Å². The molecule has 0 radical (unpaired) electrons. The van der Waals surface area contributed by atoms with Crippen LogP contribution in [0.15, 0.2) is 109 Å². The van der Waals surface area contributed by atoms with Gasteiger partial charge in [0.25, 0.3) is 11.8 Å². The average molecular weight is 1090 g/mol. The van der Waals surface area contributed by atoms with Crippen LogP contribution in [0.1, 0.15) is 232 Å². The number of amides is 2. The second-order valence-electron chi connectivity index (χ2n) is 23.6. The van der Waals surface area contributed by atoms with Crippen molar-refractivity contribution in [1.29, 1.82) is 0 Å². The Bertz CT molecular complexity index is 2860. The highest BCUT2D eigenvalue weighted by Crippen LogP contribution is 2.43. The molecular weight excluding hydrogens is 989 g/mol. The Morgan fingerprint density at radius 1 is 0.500 bits per heavy atom. The maximum absolute atomic E-state index is 12.6. The molecule has 2 fully saturated rings. The van der Waals surface area contributed by atoms with Gasteiger partial charge in [-0.05, 0) is 204 Å². The number of carbonyl (C=O) groups excluding carboxylic acids is 2. The number of hydrogen-bond acceptors (Lipinski definition) is 7. The molecule has 4 N–H and O–H groups in total. The Morgan fingerprint density at radius 2 is 0.875 bits per heavy atom. The van der Waals surface area contributed by atoms with Gasteiger partial charge < -0.3 is 25.4 Å². The molecule has 0 bridgehead atoms. The first-order valence-electron chi connectivity index (χ1n) is 30.8. The number of aliphatic hydroxyl groups is 2. The second-order valence-corrected chi connectivity index (χ2v) is 23.6. The Balaban J connectivity index is 0.000000239. The highest BCUT2D eigenvalue weighted by Gasteiger charge is 2.36. The molecule has 1 heterocycles. The maximum Gasteiger partial charge on any atom is 0.261 e. The molecule has 2 aliphatic carbocycles. The molecule has 8 nitrogen and oxygen atoms in total. The van der Waals surface area contributed by atoms with Crippen LogP contribution in [0, 0.1) is 27.7 Å². The van der Waals surface area contributed by atoms with E-state index >= 15 is 0 Å². The molecule has 80 heavy (non-hydrogen) atoms. The molecule has 2 saturated carbocycles. The van der Waals surface area contributed by atoms with Crippen LogP contribution in [0.3, 0.4) is 0 Å². The first-order valence-corrected chi connectivity index (χ1v) is 30.8. The largest absolute Gasteiger partial charge is 0.493 e. The number of aryl methyl sites for hydroxylation is 4. The summed E-state index contributed by atoms with van der Waals surface area (Å²) in [5.74, 6) is 1.52. The van der Waals surface area contributed by atoms with Crippen molar-refractivity contribution in [2.24, 2.45) is 5.73 Å². The predicted molar refractivity (Wildman–Crippen MR) is 331 cm³/mol. The van der Waals surface area contributed by atoms with Gasteiger partial charge in [-0.3, -0.25) is 14.5 Å². The van der Waals surface area contributed by atoms with Crippen LogP contribution in [0.5, 0.6) is 11.5 Å². The summed E-state index contributed by atoms with van der Waals surface area (Å²) < 4.78 is 12.3. The van der Waals surface area contributed by atoms with Crippen molar-refractivity contribution in [2.45, 2.75) is 206 Å². The summed E-state index contributed by atoms with van der Waals surface area (Å²) in [6.45, 7) is 20.3. The number of benzene rings is 5. The lowest BCUT2D eigenvalue weighted by molar-refractivity contribution is 0.0517. The van der Waals surface area contributed by atoms with Crippen molar-refractivity contribution in [1.82, 2.24) is 4.90 Å². The fourth-order valence-electron chi connectivity index (χ4n) is 12.9. The highest BCUT2D eigenvalue weighted by atomic mass is 16.5. The lowest BCUT2D eigenvalue weighted by Crippen LogP contribution is -2.30. The highest BCUT2D eigenvalue weighted by molar-refractivity contribution is 6.21. The predicted octanol–water partition coefficient (Wildman–Crippen LogP) is 16.6. The number of nitrogens with zero attached hydrogens (tertiary/aromatic N) is 1. The quantitative estimate of drug-likeness (QED) is 0.0393. The molecule has 8 rings (SSSR count). The summed E-state index contributed by atoms with van der Waals surface area (Å²) in [7, 11) is 0. The van der Waals surface area contributed by atoms with E-state index in [9.17, 15) is 19.8 Å². The molecular formula is C72H96N2O6. The third kappa shape index (κ3) is 14.8. The van der Waals surface area contributed by atoms with Crippen molar-refractivity contribution in [3.8, 4) is 11.5 Å². The number of rotatable bonds is 25. The number of fused-ring (bicyclic) bond motifs is 1. The first-order chi connectivity index (χ1) is 38.6. The van der Waals surface area contributed by atoms with E-state index in [0.717, 1.165) is 146 Å². The van der Waals surface area contributed by atoms with Crippen molar-refractivity contribution < 1.29 is 29.3 Å². The minimum Gasteiger partial charge on any atom is -0.493 e. The van der Waals surface area contributed by atoms with Gasteiger partial charge in [0, 0.05) is 17.4 Å². The van der Waals surface area contributed by atoms with E-state index in [-0.39, 0.29) is 22.6 Å². The fourth-order valence-corrected chi connectivity index (χ4v) is 12.9. The third-order valence-corrected chi connectivity index (χ3v) is 18.4. The standard InChI is InChI=1S/C40H49NO4.C32H47NO2/c1-5-40(6-2,32-18-17-31(29(3)27-32)21-24-39(44)22-11-7-12-23-39)33-19-20-36(30(4)28-33)45-26-14-8-13-25-41-37(42)34-15-9-10-16-35(34)38(41)43;1-5-32(6-2,29-15-16-30(26(4)24-29)35-22-12-8-11-21-33)28-14-13-27(25(3)23-28)17-20-31(34)18-9-7-10-19-31/h9-10,15-21,24,27-28,44H,5-8,11-14,22-23,25-26H2,1-4H3;13-17,20,23-24,34H,5-12,18-19,21-22,33H2,1-4H3/b24-21+;20-17+. The van der Waals surface area contributed by atoms with Gasteiger partial charge in [-0.1, -0.05) is 163 Å². The van der Waals surface area contributed by atoms with Crippen LogP contribution in [-0.2, 0) is 10.8 Å². The Morgan fingerprint density at radius 3 is 1.24 bits per heavy atom. The van der Waals surface area contributed by atoms with E-state index < -0.39 is 11.2 Å². The molecule has 0 unspecified atom stereocenters. The monoisotopic (exact) mass is 1080 g/mol. The first kappa shape index (κ1) is 61.8. The summed E-state index contributed by atoms with van der Waals surface area (Å²) in [5, 5.41) is 21.8. The zero-order valence-electron chi connectivity index (χ0n) is 50.1. The Kier molecular flexibility index (Phi) is 22.2.